The van der Waals surface area contributed by atoms with Crippen molar-refractivity contribution in [1.82, 2.24) is 0 Å². The Bertz CT molecular complexity index is 321. The Labute approximate surface area is 82.9 Å². The van der Waals surface area contributed by atoms with Crippen LogP contribution in [-0.4, -0.2) is 6.54 Å². The van der Waals surface area contributed by atoms with Gasteiger partial charge in [-0.25, -0.2) is 8.78 Å². The normalized spacial score (nSPS) is 11.8. The molecule has 1 aromatic rings. The molecule has 0 spiro atoms. The third-order valence-corrected chi connectivity index (χ3v) is 2.43. The number of nitrogens with two attached hydrogens (primary N) is 1. The third kappa shape index (κ3) is 2.29. The summed E-state index contributed by atoms with van der Waals surface area (Å²) in [4.78, 5) is 0. The molecule has 0 saturated carbocycles. The van der Waals surface area contributed by atoms with Gasteiger partial charge in [0.25, 0.3) is 0 Å². The van der Waals surface area contributed by atoms with Crippen LogP contribution < -0.4 is 5.73 Å². The van der Waals surface area contributed by atoms with Gasteiger partial charge in [0.1, 0.15) is 11.6 Å². The minimum Gasteiger partial charge on any atom is -0.330 e. The van der Waals surface area contributed by atoms with Crippen molar-refractivity contribution < 1.29 is 8.78 Å². The second-order valence-corrected chi connectivity index (χ2v) is 4.05. The van der Waals surface area contributed by atoms with Gasteiger partial charge in [0, 0.05) is 6.07 Å². The zero-order chi connectivity index (χ0) is 10.8. The Morgan fingerprint density at radius 1 is 1.29 bits per heavy atom. The Balaban J connectivity index is 3.06. The van der Waals surface area contributed by atoms with Gasteiger partial charge in [0.15, 0.2) is 0 Å². The smallest absolute Gasteiger partial charge is 0.129 e. The van der Waals surface area contributed by atoms with E-state index in [2.05, 4.69) is 0 Å². The van der Waals surface area contributed by atoms with Crippen LogP contribution in [0.15, 0.2) is 18.2 Å². The molecular weight excluding hydrogens is 184 g/mol. The summed E-state index contributed by atoms with van der Waals surface area (Å²) in [6.45, 7) is 4.29. The molecule has 0 aromatic heterocycles. The fraction of sp³-hybridized carbons (Fsp3) is 0.455. The molecule has 0 amide bonds. The van der Waals surface area contributed by atoms with Gasteiger partial charge in [-0.2, -0.15) is 0 Å². The zero-order valence-electron chi connectivity index (χ0n) is 8.48. The lowest BCUT2D eigenvalue weighted by molar-refractivity contribution is 0.452. The van der Waals surface area contributed by atoms with Crippen LogP contribution in [0.1, 0.15) is 25.8 Å². The molecule has 1 rings (SSSR count). The summed E-state index contributed by atoms with van der Waals surface area (Å²) in [6, 6.07) is 3.67. The van der Waals surface area contributed by atoms with E-state index in [1.54, 1.807) is 0 Å². The number of halogens is 2. The molecule has 0 unspecified atom stereocenters. The largest absolute Gasteiger partial charge is 0.330 e. The highest BCUT2D eigenvalue weighted by Gasteiger charge is 2.23. The summed E-state index contributed by atoms with van der Waals surface area (Å²) in [7, 11) is 0. The van der Waals surface area contributed by atoms with E-state index >= 15 is 0 Å². The fourth-order valence-electron chi connectivity index (χ4n) is 1.53. The molecule has 1 aromatic carbocycles. The fourth-order valence-corrected chi connectivity index (χ4v) is 1.53. The van der Waals surface area contributed by atoms with Gasteiger partial charge in [0.2, 0.25) is 0 Å². The molecule has 0 aliphatic rings. The van der Waals surface area contributed by atoms with Gasteiger partial charge in [-0.15, -0.1) is 0 Å². The van der Waals surface area contributed by atoms with Crippen LogP contribution in [0.3, 0.4) is 0 Å². The predicted molar refractivity (Wildman–Crippen MR) is 53.1 cm³/mol. The summed E-state index contributed by atoms with van der Waals surface area (Å²) >= 11 is 0. The van der Waals surface area contributed by atoms with Crippen molar-refractivity contribution in [2.75, 3.05) is 6.54 Å². The van der Waals surface area contributed by atoms with Crippen LogP contribution in [0, 0.1) is 11.6 Å². The lowest BCUT2D eigenvalue weighted by Gasteiger charge is -2.24. The summed E-state index contributed by atoms with van der Waals surface area (Å²) in [6.07, 6.45) is 0.676. The monoisotopic (exact) mass is 199 g/mol. The van der Waals surface area contributed by atoms with Crippen molar-refractivity contribution in [3.8, 4) is 0 Å². The van der Waals surface area contributed by atoms with Gasteiger partial charge in [-0.1, -0.05) is 19.9 Å². The SMILES string of the molecule is CC(C)(CCN)c1ccc(F)cc1F. The topological polar surface area (TPSA) is 26.0 Å². The van der Waals surface area contributed by atoms with Gasteiger partial charge < -0.3 is 5.73 Å². The van der Waals surface area contributed by atoms with Crippen molar-refractivity contribution in [2.45, 2.75) is 25.7 Å². The highest BCUT2D eigenvalue weighted by atomic mass is 19.1. The molecule has 78 valence electrons. The number of hydrogen-bond donors (Lipinski definition) is 1. The van der Waals surface area contributed by atoms with E-state index < -0.39 is 11.6 Å². The van der Waals surface area contributed by atoms with Crippen molar-refractivity contribution in [1.29, 1.82) is 0 Å². The van der Waals surface area contributed by atoms with Gasteiger partial charge in [0.05, 0.1) is 0 Å². The van der Waals surface area contributed by atoms with E-state index in [0.29, 0.717) is 18.5 Å². The van der Waals surface area contributed by atoms with Crippen molar-refractivity contribution in [3.05, 3.63) is 35.4 Å². The molecule has 0 bridgehead atoms. The lowest BCUT2D eigenvalue weighted by Crippen LogP contribution is -2.23. The molecule has 3 heteroatoms. The minimum atomic E-state index is -0.546. The first kappa shape index (κ1) is 11.1. The first-order chi connectivity index (χ1) is 6.47. The summed E-state index contributed by atoms with van der Waals surface area (Å²) in [5, 5.41) is 0. The van der Waals surface area contributed by atoms with Crippen LogP contribution in [0.2, 0.25) is 0 Å². The van der Waals surface area contributed by atoms with Crippen LogP contribution >= 0.6 is 0 Å². The molecular formula is C11H15F2N. The molecule has 1 nitrogen and oxygen atoms in total. The Morgan fingerprint density at radius 3 is 2.43 bits per heavy atom. The average Bonchev–Trinajstić information content (AvgIpc) is 2.02. The van der Waals surface area contributed by atoms with E-state index in [4.69, 9.17) is 5.73 Å². The molecule has 2 N–H and O–H groups in total. The number of rotatable bonds is 3. The van der Waals surface area contributed by atoms with Gasteiger partial charge in [-0.05, 0) is 30.0 Å². The third-order valence-electron chi connectivity index (χ3n) is 2.43. The van der Waals surface area contributed by atoms with E-state index in [1.165, 1.54) is 12.1 Å². The predicted octanol–water partition coefficient (Wildman–Crippen LogP) is 2.59. The Morgan fingerprint density at radius 2 is 1.93 bits per heavy atom. The molecule has 0 aliphatic heterocycles. The van der Waals surface area contributed by atoms with Crippen LogP contribution in [0.4, 0.5) is 8.78 Å². The first-order valence-electron chi connectivity index (χ1n) is 4.63. The maximum atomic E-state index is 13.4. The quantitative estimate of drug-likeness (QED) is 0.795. The molecule has 0 radical (unpaired) electrons. The Kier molecular flexibility index (Phi) is 3.21. The molecule has 0 heterocycles. The maximum absolute atomic E-state index is 13.4. The second-order valence-electron chi connectivity index (χ2n) is 4.05. The van der Waals surface area contributed by atoms with Crippen molar-refractivity contribution >= 4 is 0 Å². The maximum Gasteiger partial charge on any atom is 0.129 e. The summed E-state index contributed by atoms with van der Waals surface area (Å²) in [5.74, 6) is -1.04. The summed E-state index contributed by atoms with van der Waals surface area (Å²) in [5.41, 5.74) is 5.61. The van der Waals surface area contributed by atoms with Crippen LogP contribution in [-0.2, 0) is 5.41 Å². The molecule has 0 atom stereocenters. The molecule has 0 saturated heterocycles. The number of benzene rings is 1. The van der Waals surface area contributed by atoms with Crippen molar-refractivity contribution in [3.63, 3.8) is 0 Å². The van der Waals surface area contributed by atoms with Crippen molar-refractivity contribution in [2.24, 2.45) is 5.73 Å². The van der Waals surface area contributed by atoms with E-state index in [-0.39, 0.29) is 5.41 Å². The highest BCUT2D eigenvalue weighted by molar-refractivity contribution is 5.26. The highest BCUT2D eigenvalue weighted by Crippen LogP contribution is 2.28. The second kappa shape index (κ2) is 4.05. The minimum absolute atomic E-state index is 0.341. The van der Waals surface area contributed by atoms with Crippen LogP contribution in [0.5, 0.6) is 0 Å². The molecule has 0 fully saturated rings. The van der Waals surface area contributed by atoms with E-state index in [1.807, 2.05) is 13.8 Å². The average molecular weight is 199 g/mol. The first-order valence-corrected chi connectivity index (χ1v) is 4.63. The zero-order valence-corrected chi connectivity index (χ0v) is 8.48. The Hall–Kier alpha value is -0.960. The van der Waals surface area contributed by atoms with E-state index in [0.717, 1.165) is 6.07 Å². The van der Waals surface area contributed by atoms with Crippen LogP contribution in [0.25, 0.3) is 0 Å². The molecule has 14 heavy (non-hydrogen) atoms. The van der Waals surface area contributed by atoms with E-state index in [9.17, 15) is 8.78 Å². The van der Waals surface area contributed by atoms with Gasteiger partial charge in [-0.3, -0.25) is 0 Å². The lowest BCUT2D eigenvalue weighted by atomic mass is 9.81. The van der Waals surface area contributed by atoms with Gasteiger partial charge >= 0.3 is 0 Å². The molecule has 0 aliphatic carbocycles. The summed E-state index contributed by atoms with van der Waals surface area (Å²) < 4.78 is 26.0. The standard InChI is InChI=1S/C11H15F2N/c1-11(2,5-6-14)9-4-3-8(12)7-10(9)13/h3-4,7H,5-6,14H2,1-2H3. The number of hydrogen-bond acceptors (Lipinski definition) is 1.